The number of aliphatic hydroxyl groups excluding tert-OH is 2. The quantitative estimate of drug-likeness (QED) is 0.451. The zero-order valence-corrected chi connectivity index (χ0v) is 10.9. The van der Waals surface area contributed by atoms with Crippen LogP contribution in [-0.4, -0.2) is 44.1 Å². The monoisotopic (exact) mass is 280 g/mol. The maximum Gasteiger partial charge on any atom is 0.351 e. The molecule has 0 saturated carbocycles. The molecule has 1 fully saturated rings. The number of hydrogen-bond donors (Lipinski definition) is 4. The highest BCUT2D eigenvalue weighted by Crippen LogP contribution is 2.35. The van der Waals surface area contributed by atoms with Crippen LogP contribution < -0.4 is 17.2 Å². The van der Waals surface area contributed by atoms with Crippen LogP contribution in [0.4, 0.5) is 5.82 Å². The van der Waals surface area contributed by atoms with Crippen LogP contribution in [0.25, 0.3) is 0 Å². The predicted octanol–water partition coefficient (Wildman–Crippen LogP) is -2.20. The number of ether oxygens (including phenoxy) is 1. The van der Waals surface area contributed by atoms with Crippen LogP contribution in [0, 0.1) is 11.8 Å². The van der Waals surface area contributed by atoms with E-state index in [0.29, 0.717) is 0 Å². The van der Waals surface area contributed by atoms with E-state index in [4.69, 9.17) is 16.2 Å². The van der Waals surface area contributed by atoms with Crippen LogP contribution in [0.5, 0.6) is 0 Å². The highest BCUT2D eigenvalue weighted by molar-refractivity contribution is 5.27. The Bertz CT molecular complexity index is 620. The molecule has 0 aliphatic carbocycles. The Balaban J connectivity index is 2.52. The third-order valence-corrected chi connectivity index (χ3v) is 3.18. The molecule has 8 nitrogen and oxygen atoms in total. The molecule has 1 aromatic heterocycles. The summed E-state index contributed by atoms with van der Waals surface area (Å²) < 4.78 is 6.55. The molecule has 0 spiro atoms. The van der Waals surface area contributed by atoms with Crippen LogP contribution in [0.2, 0.25) is 0 Å². The number of aromatic nitrogens is 2. The van der Waals surface area contributed by atoms with Crippen molar-refractivity contribution in [3.8, 4) is 11.8 Å². The Kier molecular flexibility index (Phi) is 3.78. The molecule has 1 saturated heterocycles. The van der Waals surface area contributed by atoms with Gasteiger partial charge in [0, 0.05) is 6.20 Å². The first-order valence-corrected chi connectivity index (χ1v) is 5.96. The van der Waals surface area contributed by atoms with E-state index >= 15 is 0 Å². The average molecular weight is 280 g/mol. The number of nitrogen functional groups attached to an aromatic ring is 1. The third kappa shape index (κ3) is 2.17. The third-order valence-electron chi connectivity index (χ3n) is 3.18. The van der Waals surface area contributed by atoms with Gasteiger partial charge in [0.05, 0.1) is 6.61 Å². The molecule has 0 radical (unpaired) electrons. The summed E-state index contributed by atoms with van der Waals surface area (Å²) in [7, 11) is 0. The molecular formula is C12H16N4O4. The maximum absolute atomic E-state index is 11.9. The normalized spacial score (nSPS) is 32.7. The van der Waals surface area contributed by atoms with Gasteiger partial charge < -0.3 is 26.4 Å². The molecule has 6 N–H and O–H groups in total. The van der Waals surface area contributed by atoms with Crippen molar-refractivity contribution in [3.05, 3.63) is 22.7 Å². The Morgan fingerprint density at radius 2 is 2.35 bits per heavy atom. The highest BCUT2D eigenvalue weighted by atomic mass is 16.5. The van der Waals surface area contributed by atoms with Gasteiger partial charge in [-0.2, -0.15) is 4.98 Å². The Labute approximate surface area is 115 Å². The lowest BCUT2D eigenvalue weighted by atomic mass is 9.91. The smallest absolute Gasteiger partial charge is 0.351 e. The summed E-state index contributed by atoms with van der Waals surface area (Å²) in [4.78, 5) is 15.4. The van der Waals surface area contributed by atoms with Crippen LogP contribution in [0.15, 0.2) is 17.1 Å². The molecular weight excluding hydrogens is 264 g/mol. The van der Waals surface area contributed by atoms with Gasteiger partial charge in [-0.05, 0) is 13.0 Å². The van der Waals surface area contributed by atoms with E-state index in [0.717, 1.165) is 4.57 Å². The van der Waals surface area contributed by atoms with Crippen molar-refractivity contribution in [3.63, 3.8) is 0 Å². The van der Waals surface area contributed by atoms with Gasteiger partial charge in [0.1, 0.15) is 18.0 Å². The standard InChI is InChI=1S/C12H16N4O4/c1-2-4-12(14)9(18)7(6-17)20-10(12)16-5-3-8(13)15-11(16)19/h3,5,7,9-10,17-18H,6,14H2,1H3,(H2,13,15,19)/t7-,9?,10-,12-/m1/s1. The number of nitrogens with two attached hydrogens (primary N) is 2. The molecule has 8 heteroatoms. The summed E-state index contributed by atoms with van der Waals surface area (Å²) in [6.45, 7) is 1.10. The van der Waals surface area contributed by atoms with Crippen molar-refractivity contribution < 1.29 is 14.9 Å². The lowest BCUT2D eigenvalue weighted by Crippen LogP contribution is -2.54. The van der Waals surface area contributed by atoms with Gasteiger partial charge in [0.2, 0.25) is 0 Å². The van der Waals surface area contributed by atoms with Crippen LogP contribution >= 0.6 is 0 Å². The second-order valence-corrected chi connectivity index (χ2v) is 4.50. The topological polar surface area (TPSA) is 137 Å². The number of nitrogens with zero attached hydrogens (tertiary/aromatic N) is 2. The van der Waals surface area contributed by atoms with Crippen molar-refractivity contribution in [1.82, 2.24) is 9.55 Å². The molecule has 1 aromatic rings. The van der Waals surface area contributed by atoms with Crippen LogP contribution in [-0.2, 0) is 4.74 Å². The molecule has 108 valence electrons. The van der Waals surface area contributed by atoms with Crippen LogP contribution in [0.3, 0.4) is 0 Å². The first kappa shape index (κ1) is 14.5. The lowest BCUT2D eigenvalue weighted by Gasteiger charge is -2.27. The molecule has 1 aliphatic rings. The molecule has 20 heavy (non-hydrogen) atoms. The van der Waals surface area contributed by atoms with Gasteiger partial charge in [-0.3, -0.25) is 4.57 Å². The van der Waals surface area contributed by atoms with E-state index < -0.39 is 36.3 Å². The van der Waals surface area contributed by atoms with Crippen molar-refractivity contribution in [1.29, 1.82) is 0 Å². The minimum Gasteiger partial charge on any atom is -0.394 e. The summed E-state index contributed by atoms with van der Waals surface area (Å²) >= 11 is 0. The Morgan fingerprint density at radius 1 is 1.65 bits per heavy atom. The van der Waals surface area contributed by atoms with Gasteiger partial charge >= 0.3 is 5.69 Å². The zero-order valence-electron chi connectivity index (χ0n) is 10.9. The first-order chi connectivity index (χ1) is 9.43. The number of aliphatic hydroxyl groups is 2. The van der Waals surface area contributed by atoms with E-state index in [2.05, 4.69) is 16.8 Å². The Morgan fingerprint density at radius 3 is 2.90 bits per heavy atom. The maximum atomic E-state index is 11.9. The second kappa shape index (κ2) is 5.22. The van der Waals surface area contributed by atoms with E-state index in [1.807, 2.05) is 0 Å². The summed E-state index contributed by atoms with van der Waals surface area (Å²) in [6, 6.07) is 1.41. The van der Waals surface area contributed by atoms with E-state index in [1.54, 1.807) is 6.92 Å². The van der Waals surface area contributed by atoms with Gasteiger partial charge in [0.15, 0.2) is 11.8 Å². The van der Waals surface area contributed by atoms with Crippen LogP contribution in [0.1, 0.15) is 13.2 Å². The van der Waals surface area contributed by atoms with E-state index in [9.17, 15) is 15.0 Å². The fourth-order valence-electron chi connectivity index (χ4n) is 2.20. The second-order valence-electron chi connectivity index (χ2n) is 4.50. The van der Waals surface area contributed by atoms with E-state index in [1.165, 1.54) is 12.3 Å². The van der Waals surface area contributed by atoms with Crippen molar-refractivity contribution >= 4 is 5.82 Å². The molecule has 1 aliphatic heterocycles. The summed E-state index contributed by atoms with van der Waals surface area (Å²) in [5, 5.41) is 19.3. The molecule has 0 aromatic carbocycles. The first-order valence-electron chi connectivity index (χ1n) is 5.96. The van der Waals surface area contributed by atoms with Crippen molar-refractivity contribution in [2.45, 2.75) is 30.9 Å². The van der Waals surface area contributed by atoms with Gasteiger partial charge in [-0.15, -0.1) is 5.92 Å². The molecule has 0 amide bonds. The zero-order chi connectivity index (χ0) is 14.9. The predicted molar refractivity (Wildman–Crippen MR) is 70.3 cm³/mol. The van der Waals surface area contributed by atoms with E-state index in [-0.39, 0.29) is 5.82 Å². The molecule has 0 bridgehead atoms. The fraction of sp³-hybridized carbons (Fsp3) is 0.500. The lowest BCUT2D eigenvalue weighted by molar-refractivity contribution is -0.0476. The molecule has 1 unspecified atom stereocenters. The van der Waals surface area contributed by atoms with Crippen molar-refractivity contribution in [2.75, 3.05) is 12.3 Å². The fourth-order valence-corrected chi connectivity index (χ4v) is 2.20. The van der Waals surface area contributed by atoms with Gasteiger partial charge in [-0.25, -0.2) is 4.79 Å². The van der Waals surface area contributed by atoms with Gasteiger partial charge in [-0.1, -0.05) is 5.92 Å². The number of rotatable bonds is 2. The molecule has 2 heterocycles. The van der Waals surface area contributed by atoms with Gasteiger partial charge in [0.25, 0.3) is 0 Å². The minimum absolute atomic E-state index is 0.0627. The highest BCUT2D eigenvalue weighted by Gasteiger charge is 2.54. The molecule has 2 rings (SSSR count). The largest absolute Gasteiger partial charge is 0.394 e. The number of hydrogen-bond acceptors (Lipinski definition) is 7. The molecule has 4 atom stereocenters. The SMILES string of the molecule is CC#C[C@@]1(N)C(O)[C@@H](CO)O[C@H]1n1ccc(N)nc1=O. The average Bonchev–Trinajstić information content (AvgIpc) is 2.63. The number of anilines is 1. The Hall–Kier alpha value is -1.92. The van der Waals surface area contributed by atoms with Crippen molar-refractivity contribution in [2.24, 2.45) is 5.73 Å². The summed E-state index contributed by atoms with van der Waals surface area (Å²) in [6.07, 6.45) is -1.88. The summed E-state index contributed by atoms with van der Waals surface area (Å²) in [5.74, 6) is 5.31. The minimum atomic E-state index is -1.52. The summed E-state index contributed by atoms with van der Waals surface area (Å²) in [5.41, 5.74) is 9.31.